The number of benzene rings is 1. The zero-order chi connectivity index (χ0) is 13.9. The van der Waals surface area contributed by atoms with E-state index in [-0.39, 0.29) is 0 Å². The standard InChI is InChI=1S/C16H14N2O2/c1-11(14-10-17-6-7-18-14)8-13-9-12-4-3-5-15(19-2)16(12)20-13/h3-10H,1-2H3/b11-8+. The third kappa shape index (κ3) is 2.28. The summed E-state index contributed by atoms with van der Waals surface area (Å²) in [6.07, 6.45) is 7.01. The Bertz CT molecular complexity index is 761. The second-order valence-corrected chi connectivity index (χ2v) is 4.45. The molecule has 20 heavy (non-hydrogen) atoms. The van der Waals surface area contributed by atoms with E-state index in [4.69, 9.17) is 9.15 Å². The summed E-state index contributed by atoms with van der Waals surface area (Å²) in [6, 6.07) is 7.81. The van der Waals surface area contributed by atoms with E-state index >= 15 is 0 Å². The first-order valence-electron chi connectivity index (χ1n) is 6.29. The van der Waals surface area contributed by atoms with E-state index < -0.39 is 0 Å². The van der Waals surface area contributed by atoms with Gasteiger partial charge < -0.3 is 9.15 Å². The molecule has 0 radical (unpaired) electrons. The van der Waals surface area contributed by atoms with E-state index in [1.54, 1.807) is 25.7 Å². The minimum absolute atomic E-state index is 0.735. The fourth-order valence-corrected chi connectivity index (χ4v) is 2.08. The number of furan rings is 1. The van der Waals surface area contributed by atoms with Crippen LogP contribution >= 0.6 is 0 Å². The Kier molecular flexibility index (Phi) is 3.21. The molecule has 0 unspecified atom stereocenters. The monoisotopic (exact) mass is 266 g/mol. The molecule has 0 aliphatic heterocycles. The first-order chi connectivity index (χ1) is 9.78. The predicted octanol–water partition coefficient (Wildman–Crippen LogP) is 3.79. The molecule has 4 heteroatoms. The SMILES string of the molecule is COc1cccc2cc(/C=C(\C)c3cnccn3)oc12. The van der Waals surface area contributed by atoms with Gasteiger partial charge in [0.2, 0.25) is 0 Å². The van der Waals surface area contributed by atoms with Crippen molar-refractivity contribution in [3.05, 3.63) is 54.3 Å². The first kappa shape index (κ1) is 12.4. The molecule has 0 spiro atoms. The highest BCUT2D eigenvalue weighted by atomic mass is 16.5. The van der Waals surface area contributed by atoms with Crippen LogP contribution in [0.5, 0.6) is 5.75 Å². The van der Waals surface area contributed by atoms with Gasteiger partial charge in [0.1, 0.15) is 5.76 Å². The molecule has 0 N–H and O–H groups in total. The number of aromatic nitrogens is 2. The maximum atomic E-state index is 5.83. The van der Waals surface area contributed by atoms with Crippen LogP contribution in [0.4, 0.5) is 0 Å². The highest BCUT2D eigenvalue weighted by Gasteiger charge is 2.07. The van der Waals surface area contributed by atoms with Gasteiger partial charge in [0.05, 0.1) is 19.0 Å². The van der Waals surface area contributed by atoms with E-state index in [1.807, 2.05) is 37.3 Å². The summed E-state index contributed by atoms with van der Waals surface area (Å²) in [5, 5.41) is 1.02. The van der Waals surface area contributed by atoms with Crippen molar-refractivity contribution in [1.82, 2.24) is 9.97 Å². The predicted molar refractivity (Wildman–Crippen MR) is 78.3 cm³/mol. The number of ether oxygens (including phenoxy) is 1. The summed E-state index contributed by atoms with van der Waals surface area (Å²) in [5.74, 6) is 1.51. The number of para-hydroxylation sites is 1. The number of fused-ring (bicyclic) bond motifs is 1. The fourth-order valence-electron chi connectivity index (χ4n) is 2.08. The number of rotatable bonds is 3. The Morgan fingerprint density at radius 3 is 2.95 bits per heavy atom. The van der Waals surface area contributed by atoms with Crippen LogP contribution in [-0.2, 0) is 0 Å². The van der Waals surface area contributed by atoms with Gasteiger partial charge in [-0.2, -0.15) is 0 Å². The van der Waals surface area contributed by atoms with Gasteiger partial charge in [0.25, 0.3) is 0 Å². The molecule has 0 aliphatic rings. The van der Waals surface area contributed by atoms with Gasteiger partial charge >= 0.3 is 0 Å². The molecule has 0 saturated heterocycles. The largest absolute Gasteiger partial charge is 0.493 e. The van der Waals surface area contributed by atoms with Crippen molar-refractivity contribution in [2.24, 2.45) is 0 Å². The van der Waals surface area contributed by atoms with Gasteiger partial charge in [-0.05, 0) is 30.7 Å². The molecule has 0 fully saturated rings. The topological polar surface area (TPSA) is 48.2 Å². The van der Waals surface area contributed by atoms with Crippen molar-refractivity contribution >= 4 is 22.6 Å². The molecule has 0 saturated carbocycles. The lowest BCUT2D eigenvalue weighted by Crippen LogP contribution is -1.85. The second kappa shape index (κ2) is 5.17. The molecule has 100 valence electrons. The van der Waals surface area contributed by atoms with E-state index in [0.29, 0.717) is 0 Å². The molecule has 3 rings (SSSR count). The van der Waals surface area contributed by atoms with Crippen LogP contribution < -0.4 is 4.74 Å². The Morgan fingerprint density at radius 2 is 2.20 bits per heavy atom. The van der Waals surface area contributed by atoms with Crippen molar-refractivity contribution in [3.63, 3.8) is 0 Å². The lowest BCUT2D eigenvalue weighted by atomic mass is 10.2. The summed E-state index contributed by atoms with van der Waals surface area (Å²) >= 11 is 0. The molecule has 2 heterocycles. The second-order valence-electron chi connectivity index (χ2n) is 4.45. The van der Waals surface area contributed by atoms with Crippen LogP contribution in [0.1, 0.15) is 18.4 Å². The molecule has 3 aromatic rings. The summed E-state index contributed by atoms with van der Waals surface area (Å²) in [5.41, 5.74) is 2.59. The van der Waals surface area contributed by atoms with Crippen LogP contribution in [-0.4, -0.2) is 17.1 Å². The lowest BCUT2D eigenvalue weighted by Gasteiger charge is -1.99. The molecule has 0 amide bonds. The van der Waals surface area contributed by atoms with Crippen LogP contribution in [0, 0.1) is 0 Å². The van der Waals surface area contributed by atoms with E-state index in [1.165, 1.54) is 0 Å². The average molecular weight is 266 g/mol. The minimum Gasteiger partial charge on any atom is -0.493 e. The maximum absolute atomic E-state index is 5.83. The molecular weight excluding hydrogens is 252 g/mol. The third-order valence-corrected chi connectivity index (χ3v) is 3.07. The molecule has 1 aromatic carbocycles. The Hall–Kier alpha value is -2.62. The van der Waals surface area contributed by atoms with Gasteiger partial charge in [0, 0.05) is 17.8 Å². The summed E-state index contributed by atoms with van der Waals surface area (Å²) in [4.78, 5) is 8.33. The van der Waals surface area contributed by atoms with Gasteiger partial charge in [-0.3, -0.25) is 9.97 Å². The van der Waals surface area contributed by atoms with Crippen molar-refractivity contribution in [3.8, 4) is 5.75 Å². The maximum Gasteiger partial charge on any atom is 0.176 e. The van der Waals surface area contributed by atoms with Crippen molar-refractivity contribution in [1.29, 1.82) is 0 Å². The smallest absolute Gasteiger partial charge is 0.176 e. The van der Waals surface area contributed by atoms with Crippen molar-refractivity contribution in [2.45, 2.75) is 6.92 Å². The zero-order valence-electron chi connectivity index (χ0n) is 11.3. The Morgan fingerprint density at radius 1 is 1.30 bits per heavy atom. The van der Waals surface area contributed by atoms with E-state index in [0.717, 1.165) is 33.7 Å². The average Bonchev–Trinajstić information content (AvgIpc) is 2.90. The minimum atomic E-state index is 0.735. The molecule has 0 bridgehead atoms. The normalized spacial score (nSPS) is 11.8. The molecular formula is C16H14N2O2. The highest BCUT2D eigenvalue weighted by Crippen LogP contribution is 2.29. The van der Waals surface area contributed by atoms with Crippen LogP contribution in [0.3, 0.4) is 0 Å². The fraction of sp³-hybridized carbons (Fsp3) is 0.125. The molecule has 4 nitrogen and oxygen atoms in total. The van der Waals surface area contributed by atoms with Gasteiger partial charge in [-0.25, -0.2) is 0 Å². The molecule has 0 atom stereocenters. The number of hydrogen-bond donors (Lipinski definition) is 0. The Labute approximate surface area is 116 Å². The number of nitrogens with zero attached hydrogens (tertiary/aromatic N) is 2. The Balaban J connectivity index is 2.03. The van der Waals surface area contributed by atoms with E-state index in [2.05, 4.69) is 9.97 Å². The quantitative estimate of drug-likeness (QED) is 0.723. The zero-order valence-corrected chi connectivity index (χ0v) is 11.3. The van der Waals surface area contributed by atoms with Crippen LogP contribution in [0.2, 0.25) is 0 Å². The van der Waals surface area contributed by atoms with Gasteiger partial charge in [-0.1, -0.05) is 12.1 Å². The number of allylic oxidation sites excluding steroid dienone is 1. The van der Waals surface area contributed by atoms with Crippen molar-refractivity contribution < 1.29 is 9.15 Å². The van der Waals surface area contributed by atoms with Crippen molar-refractivity contribution in [2.75, 3.05) is 7.11 Å². The highest BCUT2D eigenvalue weighted by molar-refractivity contribution is 5.87. The van der Waals surface area contributed by atoms with Crippen LogP contribution in [0.25, 0.3) is 22.6 Å². The summed E-state index contributed by atoms with van der Waals surface area (Å²) in [6.45, 7) is 1.98. The first-order valence-corrected chi connectivity index (χ1v) is 6.29. The number of methoxy groups -OCH3 is 1. The summed E-state index contributed by atoms with van der Waals surface area (Å²) in [7, 11) is 1.64. The molecule has 2 aromatic heterocycles. The van der Waals surface area contributed by atoms with E-state index in [9.17, 15) is 0 Å². The summed E-state index contributed by atoms with van der Waals surface area (Å²) < 4.78 is 11.1. The van der Waals surface area contributed by atoms with Gasteiger partial charge in [-0.15, -0.1) is 0 Å². The molecule has 0 aliphatic carbocycles. The van der Waals surface area contributed by atoms with Crippen LogP contribution in [0.15, 0.2) is 47.3 Å². The lowest BCUT2D eigenvalue weighted by molar-refractivity contribution is 0.410. The third-order valence-electron chi connectivity index (χ3n) is 3.07. The number of hydrogen-bond acceptors (Lipinski definition) is 4. The van der Waals surface area contributed by atoms with Gasteiger partial charge in [0.15, 0.2) is 11.3 Å².